The molecule has 0 unspecified atom stereocenters. The van der Waals surface area contributed by atoms with Crippen molar-refractivity contribution in [2.75, 3.05) is 13.7 Å². The lowest BCUT2D eigenvalue weighted by atomic mass is 9.80. The maximum Gasteiger partial charge on any atom is 0.0909 e. The van der Waals surface area contributed by atoms with Crippen molar-refractivity contribution in [2.45, 2.75) is 25.8 Å². The van der Waals surface area contributed by atoms with Crippen LogP contribution in [-0.2, 0) is 4.74 Å². The third kappa shape index (κ3) is 3.26. The second kappa shape index (κ2) is 5.75. The Hall–Kier alpha value is 0.160. The molecule has 3 nitrogen and oxygen atoms in total. The van der Waals surface area contributed by atoms with Gasteiger partial charge in [0.05, 0.1) is 18.5 Å². The Morgan fingerprint density at radius 1 is 1.58 bits per heavy atom. The first-order valence-corrected chi connectivity index (χ1v) is 4.03. The summed E-state index contributed by atoms with van der Waals surface area (Å²) < 4.78 is 5.05. The van der Waals surface area contributed by atoms with E-state index in [2.05, 4.69) is 4.99 Å². The molecular formula is C8H17IN2O. The van der Waals surface area contributed by atoms with Gasteiger partial charge in [-0.3, -0.25) is 4.99 Å². The predicted octanol–water partition coefficient (Wildman–Crippen LogP) is 1.41. The highest BCUT2D eigenvalue weighted by molar-refractivity contribution is 14.0. The highest BCUT2D eigenvalue weighted by Gasteiger charge is 2.29. The van der Waals surface area contributed by atoms with Crippen molar-refractivity contribution in [1.29, 1.82) is 0 Å². The first kappa shape index (κ1) is 12.2. The zero-order chi connectivity index (χ0) is 8.27. The molecule has 0 radical (unpaired) electrons. The van der Waals surface area contributed by atoms with Crippen LogP contribution in [0.4, 0.5) is 0 Å². The van der Waals surface area contributed by atoms with E-state index in [-0.39, 0.29) is 24.0 Å². The average molecular weight is 284 g/mol. The number of amidine groups is 1. The van der Waals surface area contributed by atoms with Crippen LogP contribution in [0.3, 0.4) is 0 Å². The average Bonchev–Trinajstić information content (AvgIpc) is 1.93. The zero-order valence-corrected chi connectivity index (χ0v) is 9.95. The normalized spacial score (nSPS) is 29.0. The van der Waals surface area contributed by atoms with Crippen molar-refractivity contribution in [2.24, 2.45) is 16.6 Å². The summed E-state index contributed by atoms with van der Waals surface area (Å²) in [5.74, 6) is 1.30. The summed E-state index contributed by atoms with van der Waals surface area (Å²) in [5, 5.41) is 0. The van der Waals surface area contributed by atoms with Crippen molar-refractivity contribution < 1.29 is 4.74 Å². The molecule has 0 amide bonds. The van der Waals surface area contributed by atoms with Crippen LogP contribution in [-0.4, -0.2) is 25.6 Å². The molecule has 12 heavy (non-hydrogen) atoms. The molecule has 72 valence electrons. The van der Waals surface area contributed by atoms with Crippen molar-refractivity contribution in [3.8, 4) is 0 Å². The van der Waals surface area contributed by atoms with Crippen molar-refractivity contribution >= 4 is 29.8 Å². The van der Waals surface area contributed by atoms with E-state index in [9.17, 15) is 0 Å². The van der Waals surface area contributed by atoms with E-state index in [4.69, 9.17) is 10.5 Å². The van der Waals surface area contributed by atoms with Gasteiger partial charge >= 0.3 is 0 Å². The summed E-state index contributed by atoms with van der Waals surface area (Å²) in [4.78, 5) is 4.30. The molecule has 2 atom stereocenters. The summed E-state index contributed by atoms with van der Waals surface area (Å²) in [6.07, 6.45) is 2.40. The van der Waals surface area contributed by atoms with Crippen molar-refractivity contribution in [3.05, 3.63) is 0 Å². The molecule has 1 aliphatic carbocycles. The SMILES string of the molecule is COC[C@H]1CC[C@@H]1N=C(C)N.I. The Labute approximate surface area is 90.8 Å². The third-order valence-electron chi connectivity index (χ3n) is 2.13. The van der Waals surface area contributed by atoms with Gasteiger partial charge in [0.15, 0.2) is 0 Å². The van der Waals surface area contributed by atoms with Crippen LogP contribution in [0.1, 0.15) is 19.8 Å². The van der Waals surface area contributed by atoms with Gasteiger partial charge in [-0.25, -0.2) is 0 Å². The monoisotopic (exact) mass is 284 g/mol. The quantitative estimate of drug-likeness (QED) is 0.484. The van der Waals surface area contributed by atoms with Gasteiger partial charge in [0.2, 0.25) is 0 Å². The van der Waals surface area contributed by atoms with Gasteiger partial charge in [0, 0.05) is 13.0 Å². The standard InChI is InChI=1S/C8H16N2O.HI/c1-6(9)10-8-4-3-7(8)5-11-2;/h7-8H,3-5H2,1-2H3,(H2,9,10);1H/t7-,8+;/m1./s1. The molecule has 0 saturated heterocycles. The second-order valence-electron chi connectivity index (χ2n) is 3.13. The summed E-state index contributed by atoms with van der Waals surface area (Å²) in [5.41, 5.74) is 5.47. The Bertz CT molecular complexity index is 157. The largest absolute Gasteiger partial charge is 0.388 e. The van der Waals surface area contributed by atoms with Crippen molar-refractivity contribution in [1.82, 2.24) is 0 Å². The number of nitrogens with two attached hydrogens (primary N) is 1. The number of nitrogens with zero attached hydrogens (tertiary/aromatic N) is 1. The zero-order valence-electron chi connectivity index (χ0n) is 7.62. The van der Waals surface area contributed by atoms with E-state index in [1.807, 2.05) is 6.92 Å². The first-order valence-electron chi connectivity index (χ1n) is 4.03. The lowest BCUT2D eigenvalue weighted by Crippen LogP contribution is -2.34. The summed E-state index contributed by atoms with van der Waals surface area (Å²) in [7, 11) is 1.73. The Morgan fingerprint density at radius 2 is 2.25 bits per heavy atom. The van der Waals surface area contributed by atoms with Crippen LogP contribution in [0.15, 0.2) is 4.99 Å². The van der Waals surface area contributed by atoms with Gasteiger partial charge < -0.3 is 10.5 Å². The molecule has 1 aliphatic rings. The number of ether oxygens (including phenoxy) is 1. The minimum atomic E-state index is 0. The second-order valence-corrected chi connectivity index (χ2v) is 3.13. The summed E-state index contributed by atoms with van der Waals surface area (Å²) in [6.45, 7) is 2.66. The van der Waals surface area contributed by atoms with Gasteiger partial charge in [-0.2, -0.15) is 0 Å². The van der Waals surface area contributed by atoms with Gasteiger partial charge in [-0.05, 0) is 19.8 Å². The third-order valence-corrected chi connectivity index (χ3v) is 2.13. The predicted molar refractivity (Wildman–Crippen MR) is 61.1 cm³/mol. The molecule has 0 aromatic heterocycles. The molecule has 1 saturated carbocycles. The molecule has 0 aromatic carbocycles. The number of hydrogen-bond donors (Lipinski definition) is 1. The number of hydrogen-bond acceptors (Lipinski definition) is 2. The van der Waals surface area contributed by atoms with E-state index in [0.29, 0.717) is 17.8 Å². The molecule has 2 N–H and O–H groups in total. The molecule has 4 heteroatoms. The fourth-order valence-corrected chi connectivity index (χ4v) is 1.39. The lowest BCUT2D eigenvalue weighted by Gasteiger charge is -2.33. The number of aliphatic imine (C=N–C) groups is 1. The maximum absolute atomic E-state index is 5.47. The smallest absolute Gasteiger partial charge is 0.0909 e. The molecule has 1 rings (SSSR count). The van der Waals surface area contributed by atoms with E-state index in [1.165, 1.54) is 12.8 Å². The lowest BCUT2D eigenvalue weighted by molar-refractivity contribution is 0.0952. The number of halogens is 1. The summed E-state index contributed by atoms with van der Waals surface area (Å²) >= 11 is 0. The first-order chi connectivity index (χ1) is 5.24. The van der Waals surface area contributed by atoms with E-state index < -0.39 is 0 Å². The highest BCUT2D eigenvalue weighted by Crippen LogP contribution is 2.30. The van der Waals surface area contributed by atoms with E-state index >= 15 is 0 Å². The van der Waals surface area contributed by atoms with Gasteiger partial charge in [0.1, 0.15) is 0 Å². The van der Waals surface area contributed by atoms with Crippen LogP contribution >= 0.6 is 24.0 Å². The molecule has 0 bridgehead atoms. The van der Waals surface area contributed by atoms with Gasteiger partial charge in [0.25, 0.3) is 0 Å². The van der Waals surface area contributed by atoms with Gasteiger partial charge in [-0.15, -0.1) is 24.0 Å². The topological polar surface area (TPSA) is 47.6 Å². The fourth-order valence-electron chi connectivity index (χ4n) is 1.39. The Kier molecular flexibility index (Phi) is 5.82. The Morgan fingerprint density at radius 3 is 2.58 bits per heavy atom. The molecule has 1 fully saturated rings. The number of rotatable bonds is 3. The molecule has 0 aromatic rings. The minimum Gasteiger partial charge on any atom is -0.388 e. The molecule has 0 aliphatic heterocycles. The van der Waals surface area contributed by atoms with Crippen LogP contribution in [0.5, 0.6) is 0 Å². The van der Waals surface area contributed by atoms with Crippen LogP contribution in [0, 0.1) is 5.92 Å². The molecule has 0 spiro atoms. The van der Waals surface area contributed by atoms with Crippen molar-refractivity contribution in [3.63, 3.8) is 0 Å². The van der Waals surface area contributed by atoms with Crippen LogP contribution in [0.2, 0.25) is 0 Å². The fraction of sp³-hybridized carbons (Fsp3) is 0.875. The molecule has 0 heterocycles. The van der Waals surface area contributed by atoms with Crippen LogP contribution in [0.25, 0.3) is 0 Å². The Balaban J connectivity index is 0.00000121. The van der Waals surface area contributed by atoms with Crippen LogP contribution < -0.4 is 5.73 Å². The van der Waals surface area contributed by atoms with E-state index in [1.54, 1.807) is 7.11 Å². The minimum absolute atomic E-state index is 0. The molecular weight excluding hydrogens is 267 g/mol. The summed E-state index contributed by atoms with van der Waals surface area (Å²) in [6, 6.07) is 0.431. The highest BCUT2D eigenvalue weighted by atomic mass is 127. The maximum atomic E-state index is 5.47. The van der Waals surface area contributed by atoms with Gasteiger partial charge in [-0.1, -0.05) is 0 Å². The van der Waals surface area contributed by atoms with E-state index in [0.717, 1.165) is 6.61 Å². The number of methoxy groups -OCH3 is 1.